The first-order chi connectivity index (χ1) is 25.3. The van der Waals surface area contributed by atoms with Crippen molar-refractivity contribution < 1.29 is 33.8 Å². The molecule has 2 fully saturated rings. The van der Waals surface area contributed by atoms with E-state index in [0.29, 0.717) is 36.3 Å². The summed E-state index contributed by atoms with van der Waals surface area (Å²) in [5.74, 6) is -0.343. The minimum atomic E-state index is -1.33. The van der Waals surface area contributed by atoms with Crippen LogP contribution in [0.15, 0.2) is 60.7 Å². The van der Waals surface area contributed by atoms with Crippen molar-refractivity contribution in [2.75, 3.05) is 26.3 Å². The van der Waals surface area contributed by atoms with E-state index in [1.807, 2.05) is 69.3 Å². The number of hydrogen-bond acceptors (Lipinski definition) is 8. The lowest BCUT2D eigenvalue weighted by molar-refractivity contribution is -0.133. The molecule has 3 heterocycles. The third-order valence-electron chi connectivity index (χ3n) is 10.6. The van der Waals surface area contributed by atoms with Crippen LogP contribution in [0.2, 0.25) is 0 Å². The molecule has 1 saturated heterocycles. The molecule has 53 heavy (non-hydrogen) atoms. The van der Waals surface area contributed by atoms with E-state index in [2.05, 4.69) is 20.9 Å². The molecule has 12 heteroatoms. The molecule has 12 nitrogen and oxygen atoms in total. The van der Waals surface area contributed by atoms with Gasteiger partial charge in [-0.05, 0) is 92.5 Å². The first-order valence-electron chi connectivity index (χ1n) is 18.8. The number of ether oxygens (including phenoxy) is 2. The maximum Gasteiger partial charge on any atom is 0.255 e. The Morgan fingerprint density at radius 2 is 1.64 bits per heavy atom. The molecular formula is C41H53N5O7. The second kappa shape index (κ2) is 16.6. The Hall–Kier alpha value is -4.68. The molecule has 1 saturated carbocycles. The lowest BCUT2D eigenvalue weighted by Gasteiger charge is -2.47. The van der Waals surface area contributed by atoms with E-state index in [0.717, 1.165) is 42.0 Å². The number of β-amino-alcohol motifs (C(OH)–C–C–N with tert-alkyl or cyclic N) is 1. The number of rotatable bonds is 6. The highest BCUT2D eigenvalue weighted by atomic mass is 16.5. The highest BCUT2D eigenvalue weighted by molar-refractivity contribution is 6.04. The van der Waals surface area contributed by atoms with Gasteiger partial charge in [0.1, 0.15) is 30.8 Å². The standard InChI is InChI=1S/C41H53N5O7/c1-41(2,3)45-40(51)34-20-27-9-6-7-11-29(27)23-46(34)24-35(47)32-18-25-12-14-30(15-13-25)52-16-17-53-36-21-28-10-5-4-8-26(28)19-31(36)38(49)44-33(22-37(42)48)39(50)43-32/h4-5,8,10,12-15,19,21,27,29,32-35,47H,6-7,9,11,16-18,20,22-24H2,1-3H3,(H2,42,48)(H,43,50)(H,44,49)(H,45,51)/t27-,29+,32-,33-,34-,35+/m0/s1. The van der Waals surface area contributed by atoms with Crippen molar-refractivity contribution in [3.05, 3.63) is 71.8 Å². The first-order valence-corrected chi connectivity index (χ1v) is 18.8. The van der Waals surface area contributed by atoms with Gasteiger partial charge >= 0.3 is 0 Å². The molecule has 0 unspecified atom stereocenters. The Bertz CT molecular complexity index is 1790. The van der Waals surface area contributed by atoms with Gasteiger partial charge in [-0.2, -0.15) is 0 Å². The topological polar surface area (TPSA) is 172 Å². The number of aliphatic hydroxyl groups is 1. The van der Waals surface area contributed by atoms with Crippen LogP contribution in [-0.2, 0) is 20.8 Å². The van der Waals surface area contributed by atoms with E-state index in [9.17, 15) is 24.3 Å². The van der Waals surface area contributed by atoms with Crippen LogP contribution in [0, 0.1) is 11.8 Å². The fourth-order valence-corrected chi connectivity index (χ4v) is 8.01. The number of carbonyl (C=O) groups excluding carboxylic acids is 4. The molecule has 0 aromatic heterocycles. The Kier molecular flexibility index (Phi) is 11.9. The van der Waals surface area contributed by atoms with E-state index >= 15 is 0 Å². The maximum atomic E-state index is 14.1. The molecule has 4 amide bonds. The Morgan fingerprint density at radius 1 is 0.962 bits per heavy atom. The number of nitrogens with one attached hydrogen (secondary N) is 3. The van der Waals surface area contributed by atoms with Gasteiger partial charge in [-0.3, -0.25) is 24.1 Å². The Labute approximate surface area is 311 Å². The third kappa shape index (κ3) is 9.85. The van der Waals surface area contributed by atoms with Gasteiger partial charge in [0.25, 0.3) is 5.91 Å². The number of benzene rings is 3. The minimum Gasteiger partial charge on any atom is -0.490 e. The van der Waals surface area contributed by atoms with Gasteiger partial charge in [-0.25, -0.2) is 0 Å². The van der Waals surface area contributed by atoms with Crippen molar-refractivity contribution in [2.45, 2.75) is 95.5 Å². The summed E-state index contributed by atoms with van der Waals surface area (Å²) in [6.45, 7) is 7.04. The highest BCUT2D eigenvalue weighted by Gasteiger charge is 2.42. The molecule has 4 aliphatic rings. The summed E-state index contributed by atoms with van der Waals surface area (Å²) in [6.07, 6.45) is 3.87. The van der Waals surface area contributed by atoms with E-state index in [4.69, 9.17) is 15.2 Å². The number of fused-ring (bicyclic) bond motifs is 13. The van der Waals surface area contributed by atoms with Crippen molar-refractivity contribution in [1.29, 1.82) is 0 Å². The predicted octanol–water partition coefficient (Wildman–Crippen LogP) is 3.47. The number of nitrogens with zero attached hydrogens (tertiary/aromatic N) is 1. The summed E-state index contributed by atoms with van der Waals surface area (Å²) in [7, 11) is 0. The normalized spacial score (nSPS) is 25.0. The van der Waals surface area contributed by atoms with Crippen molar-refractivity contribution in [3.8, 4) is 11.5 Å². The number of nitrogens with two attached hydrogens (primary N) is 1. The molecule has 284 valence electrons. The number of carbonyl (C=O) groups is 4. The smallest absolute Gasteiger partial charge is 0.255 e. The van der Waals surface area contributed by atoms with Crippen molar-refractivity contribution >= 4 is 34.4 Å². The molecule has 6 atom stereocenters. The average Bonchev–Trinajstić information content (AvgIpc) is 3.11. The van der Waals surface area contributed by atoms with E-state index in [1.54, 1.807) is 12.1 Å². The van der Waals surface area contributed by atoms with Crippen LogP contribution in [0.4, 0.5) is 0 Å². The summed E-state index contributed by atoms with van der Waals surface area (Å²) >= 11 is 0. The van der Waals surface area contributed by atoms with Gasteiger partial charge in [0.2, 0.25) is 17.7 Å². The van der Waals surface area contributed by atoms with Crippen LogP contribution < -0.4 is 31.2 Å². The molecule has 3 aromatic rings. The number of amides is 4. The minimum absolute atomic E-state index is 0.0662. The molecule has 0 radical (unpaired) electrons. The van der Waals surface area contributed by atoms with Gasteiger partial charge in [0.05, 0.1) is 30.2 Å². The number of primary amides is 1. The van der Waals surface area contributed by atoms with Gasteiger partial charge in [0.15, 0.2) is 0 Å². The van der Waals surface area contributed by atoms with Crippen LogP contribution >= 0.6 is 0 Å². The zero-order valence-electron chi connectivity index (χ0n) is 30.9. The summed E-state index contributed by atoms with van der Waals surface area (Å²) in [6, 6.07) is 15.7. The quantitative estimate of drug-likeness (QED) is 0.257. The lowest BCUT2D eigenvalue weighted by Crippen LogP contribution is -2.61. The van der Waals surface area contributed by atoms with Crippen molar-refractivity contribution in [3.63, 3.8) is 0 Å². The second-order valence-electron chi connectivity index (χ2n) is 15.9. The molecular weight excluding hydrogens is 674 g/mol. The van der Waals surface area contributed by atoms with Gasteiger partial charge in [-0.1, -0.05) is 55.7 Å². The van der Waals surface area contributed by atoms with Gasteiger partial charge in [0, 0.05) is 18.6 Å². The van der Waals surface area contributed by atoms with Crippen LogP contribution in [0.1, 0.15) is 75.2 Å². The second-order valence-corrected chi connectivity index (χ2v) is 15.9. The fraction of sp³-hybridized carbons (Fsp3) is 0.512. The van der Waals surface area contributed by atoms with E-state index < -0.39 is 53.9 Å². The summed E-state index contributed by atoms with van der Waals surface area (Å²) < 4.78 is 12.0. The Balaban J connectivity index is 1.30. The van der Waals surface area contributed by atoms with Crippen molar-refractivity contribution in [2.24, 2.45) is 17.6 Å². The van der Waals surface area contributed by atoms with Crippen molar-refractivity contribution in [1.82, 2.24) is 20.9 Å². The molecule has 0 spiro atoms. The number of likely N-dealkylation sites (tertiary alicyclic amines) is 1. The van der Waals surface area contributed by atoms with Crippen LogP contribution in [0.25, 0.3) is 10.8 Å². The zero-order valence-corrected chi connectivity index (χ0v) is 30.9. The van der Waals surface area contributed by atoms with Gasteiger partial charge < -0.3 is 36.3 Å². The first kappa shape index (κ1) is 38.1. The maximum absolute atomic E-state index is 14.1. The molecule has 7 rings (SSSR count). The lowest BCUT2D eigenvalue weighted by atomic mass is 9.72. The van der Waals surface area contributed by atoms with Crippen LogP contribution in [0.5, 0.6) is 11.5 Å². The molecule has 1 aliphatic carbocycles. The summed E-state index contributed by atoms with van der Waals surface area (Å²) in [4.78, 5) is 56.0. The third-order valence-corrected chi connectivity index (χ3v) is 10.6. The number of piperidine rings is 1. The highest BCUT2D eigenvalue weighted by Crippen LogP contribution is 2.39. The van der Waals surface area contributed by atoms with Gasteiger partial charge in [-0.15, -0.1) is 0 Å². The van der Waals surface area contributed by atoms with Crippen LogP contribution in [0.3, 0.4) is 0 Å². The van der Waals surface area contributed by atoms with Crippen LogP contribution in [-0.4, -0.2) is 89.7 Å². The Morgan fingerprint density at radius 3 is 2.34 bits per heavy atom. The molecule has 2 bridgehead atoms. The average molecular weight is 728 g/mol. The SMILES string of the molecule is CC(C)(C)NC(=O)[C@@H]1C[C@@H]2CCCC[C@@H]2CN1C[C@@H](O)[C@@H]1Cc2ccc(cc2)OCCOc2cc3ccccc3cc2C(=O)N[C@@H](CC(N)=O)C(=O)N1. The van der Waals surface area contributed by atoms with E-state index in [1.165, 1.54) is 0 Å². The number of hydrogen-bond donors (Lipinski definition) is 5. The molecule has 6 N–H and O–H groups in total. The summed E-state index contributed by atoms with van der Waals surface area (Å²) in [5, 5.41) is 22.5. The summed E-state index contributed by atoms with van der Waals surface area (Å²) in [5.41, 5.74) is 6.18. The monoisotopic (exact) mass is 727 g/mol. The molecule has 3 aromatic carbocycles. The zero-order chi connectivity index (χ0) is 37.7. The van der Waals surface area contributed by atoms with E-state index in [-0.39, 0.29) is 37.6 Å². The fourth-order valence-electron chi connectivity index (χ4n) is 8.01. The molecule has 3 aliphatic heterocycles. The number of aliphatic hydroxyl groups excluding tert-OH is 1. The largest absolute Gasteiger partial charge is 0.490 e. The predicted molar refractivity (Wildman–Crippen MR) is 201 cm³/mol.